The standard InChI is InChI=1S/C18H16ClNS.H2O/c1-11-8-14-10-18(12(2)9-17(14)20-13(11)3)21-16-6-4-15(19)5-7-16;/h4-10H,1-3H3;1H2. The summed E-state index contributed by atoms with van der Waals surface area (Å²) in [7, 11) is 0. The van der Waals surface area contributed by atoms with Crippen LogP contribution >= 0.6 is 23.4 Å². The third-order valence-electron chi connectivity index (χ3n) is 3.60. The molecule has 1 aromatic heterocycles. The smallest absolute Gasteiger partial charge is 0.0708 e. The highest BCUT2D eigenvalue weighted by Crippen LogP contribution is 2.33. The first-order valence-corrected chi connectivity index (χ1v) is 8.04. The Balaban J connectivity index is 0.00000176. The van der Waals surface area contributed by atoms with Crippen molar-refractivity contribution in [3.05, 3.63) is 64.3 Å². The average Bonchev–Trinajstić information content (AvgIpc) is 2.44. The number of nitrogens with zero attached hydrogens (tertiary/aromatic N) is 1. The van der Waals surface area contributed by atoms with Gasteiger partial charge in [0.2, 0.25) is 0 Å². The largest absolute Gasteiger partial charge is 0.412 e. The van der Waals surface area contributed by atoms with Crippen molar-refractivity contribution in [3.8, 4) is 0 Å². The monoisotopic (exact) mass is 331 g/mol. The maximum Gasteiger partial charge on any atom is 0.0708 e. The summed E-state index contributed by atoms with van der Waals surface area (Å²) >= 11 is 7.70. The van der Waals surface area contributed by atoms with Gasteiger partial charge < -0.3 is 5.48 Å². The number of pyridine rings is 1. The first-order chi connectivity index (χ1) is 10.0. The lowest BCUT2D eigenvalue weighted by molar-refractivity contribution is 0.824. The van der Waals surface area contributed by atoms with Gasteiger partial charge in [-0.3, -0.25) is 4.98 Å². The number of aryl methyl sites for hydroxylation is 3. The van der Waals surface area contributed by atoms with Gasteiger partial charge in [0.05, 0.1) is 5.52 Å². The van der Waals surface area contributed by atoms with Crippen LogP contribution in [-0.2, 0) is 0 Å². The summed E-state index contributed by atoms with van der Waals surface area (Å²) in [6.07, 6.45) is 0. The van der Waals surface area contributed by atoms with Gasteiger partial charge in [0.15, 0.2) is 0 Å². The van der Waals surface area contributed by atoms with Gasteiger partial charge >= 0.3 is 0 Å². The molecule has 0 bridgehead atoms. The zero-order valence-corrected chi connectivity index (χ0v) is 14.3. The molecule has 0 amide bonds. The van der Waals surface area contributed by atoms with Crippen molar-refractivity contribution in [3.63, 3.8) is 0 Å². The lowest BCUT2D eigenvalue weighted by Gasteiger charge is -2.09. The summed E-state index contributed by atoms with van der Waals surface area (Å²) in [5, 5.41) is 1.96. The van der Waals surface area contributed by atoms with E-state index in [2.05, 4.69) is 56.1 Å². The third kappa shape index (κ3) is 3.43. The molecule has 114 valence electrons. The molecular weight excluding hydrogens is 314 g/mol. The van der Waals surface area contributed by atoms with Crippen molar-refractivity contribution in [1.29, 1.82) is 0 Å². The lowest BCUT2D eigenvalue weighted by atomic mass is 10.1. The van der Waals surface area contributed by atoms with E-state index in [4.69, 9.17) is 11.6 Å². The van der Waals surface area contributed by atoms with E-state index in [1.54, 1.807) is 11.8 Å². The number of aromatic nitrogens is 1. The normalized spacial score (nSPS) is 10.5. The van der Waals surface area contributed by atoms with Crippen molar-refractivity contribution in [2.45, 2.75) is 30.6 Å². The number of hydrogen-bond acceptors (Lipinski definition) is 2. The number of benzene rings is 2. The number of hydrogen-bond donors (Lipinski definition) is 0. The van der Waals surface area contributed by atoms with Gasteiger partial charge in [0.1, 0.15) is 0 Å². The van der Waals surface area contributed by atoms with Crippen LogP contribution in [-0.4, -0.2) is 10.5 Å². The van der Waals surface area contributed by atoms with Crippen LogP contribution in [0.15, 0.2) is 52.3 Å². The summed E-state index contributed by atoms with van der Waals surface area (Å²) in [6, 6.07) is 14.6. The maximum absolute atomic E-state index is 5.94. The summed E-state index contributed by atoms with van der Waals surface area (Å²) in [6.45, 7) is 6.29. The van der Waals surface area contributed by atoms with Crippen molar-refractivity contribution in [2.24, 2.45) is 0 Å². The van der Waals surface area contributed by atoms with Gasteiger partial charge in [-0.2, -0.15) is 0 Å². The van der Waals surface area contributed by atoms with Crippen LogP contribution in [0, 0.1) is 20.8 Å². The van der Waals surface area contributed by atoms with E-state index in [1.165, 1.54) is 26.3 Å². The predicted molar refractivity (Wildman–Crippen MR) is 95.1 cm³/mol. The molecule has 0 radical (unpaired) electrons. The van der Waals surface area contributed by atoms with Gasteiger partial charge in [-0.05, 0) is 74.4 Å². The molecule has 0 aliphatic rings. The number of halogens is 1. The fourth-order valence-corrected chi connectivity index (χ4v) is 3.30. The Morgan fingerprint density at radius 3 is 2.27 bits per heavy atom. The molecule has 0 saturated heterocycles. The molecule has 1 heterocycles. The fourth-order valence-electron chi connectivity index (χ4n) is 2.25. The Morgan fingerprint density at radius 1 is 0.909 bits per heavy atom. The van der Waals surface area contributed by atoms with E-state index < -0.39 is 0 Å². The molecular formula is C18H18ClNOS. The molecule has 2 nitrogen and oxygen atoms in total. The molecule has 3 aromatic rings. The zero-order valence-electron chi connectivity index (χ0n) is 12.8. The number of rotatable bonds is 2. The highest BCUT2D eigenvalue weighted by molar-refractivity contribution is 7.99. The van der Waals surface area contributed by atoms with Crippen LogP contribution in [0.1, 0.15) is 16.8 Å². The van der Waals surface area contributed by atoms with E-state index in [0.29, 0.717) is 0 Å². The van der Waals surface area contributed by atoms with E-state index in [0.717, 1.165) is 16.2 Å². The molecule has 2 N–H and O–H groups in total. The molecule has 0 unspecified atom stereocenters. The Morgan fingerprint density at radius 2 is 1.59 bits per heavy atom. The van der Waals surface area contributed by atoms with E-state index >= 15 is 0 Å². The Kier molecular flexibility index (Phi) is 5.12. The van der Waals surface area contributed by atoms with Crippen LogP contribution in [0.4, 0.5) is 0 Å². The zero-order chi connectivity index (χ0) is 15.0. The topological polar surface area (TPSA) is 44.4 Å². The molecule has 2 aromatic carbocycles. The summed E-state index contributed by atoms with van der Waals surface area (Å²) < 4.78 is 0. The van der Waals surface area contributed by atoms with Gasteiger partial charge in [-0.1, -0.05) is 23.4 Å². The van der Waals surface area contributed by atoms with Crippen LogP contribution in [0.3, 0.4) is 0 Å². The van der Waals surface area contributed by atoms with Crippen molar-refractivity contribution in [2.75, 3.05) is 0 Å². The molecule has 22 heavy (non-hydrogen) atoms. The van der Waals surface area contributed by atoms with Crippen LogP contribution in [0.2, 0.25) is 5.02 Å². The first-order valence-electron chi connectivity index (χ1n) is 6.85. The van der Waals surface area contributed by atoms with Crippen molar-refractivity contribution < 1.29 is 5.48 Å². The third-order valence-corrected chi connectivity index (χ3v) is 5.02. The van der Waals surface area contributed by atoms with E-state index in [-0.39, 0.29) is 5.48 Å². The second kappa shape index (κ2) is 6.69. The van der Waals surface area contributed by atoms with E-state index in [1.807, 2.05) is 12.1 Å². The minimum atomic E-state index is 0. The molecule has 0 aliphatic heterocycles. The molecule has 0 spiro atoms. The molecule has 0 atom stereocenters. The number of fused-ring (bicyclic) bond motifs is 1. The molecule has 4 heteroatoms. The van der Waals surface area contributed by atoms with Crippen LogP contribution < -0.4 is 0 Å². The van der Waals surface area contributed by atoms with Gasteiger partial charge in [-0.25, -0.2) is 0 Å². The first kappa shape index (κ1) is 16.8. The SMILES string of the molecule is Cc1cc2nc(C)c(C)cc2cc1Sc1ccc(Cl)cc1.O. The molecule has 0 saturated carbocycles. The minimum Gasteiger partial charge on any atom is -0.412 e. The van der Waals surface area contributed by atoms with Crippen molar-refractivity contribution in [1.82, 2.24) is 4.98 Å². The summed E-state index contributed by atoms with van der Waals surface area (Å²) in [5.74, 6) is 0. The van der Waals surface area contributed by atoms with Crippen LogP contribution in [0.5, 0.6) is 0 Å². The summed E-state index contributed by atoms with van der Waals surface area (Å²) in [4.78, 5) is 7.12. The second-order valence-corrected chi connectivity index (χ2v) is 6.81. The molecule has 0 aliphatic carbocycles. The highest BCUT2D eigenvalue weighted by atomic mass is 35.5. The Hall–Kier alpha value is -1.55. The molecule has 0 fully saturated rings. The quantitative estimate of drug-likeness (QED) is 0.652. The van der Waals surface area contributed by atoms with Gasteiger partial charge in [-0.15, -0.1) is 0 Å². The Bertz CT molecular complexity index is 815. The van der Waals surface area contributed by atoms with E-state index in [9.17, 15) is 0 Å². The van der Waals surface area contributed by atoms with Gasteiger partial charge in [0.25, 0.3) is 0 Å². The fraction of sp³-hybridized carbons (Fsp3) is 0.167. The summed E-state index contributed by atoms with van der Waals surface area (Å²) in [5.41, 5.74) is 4.64. The average molecular weight is 332 g/mol. The Labute approximate surface area is 139 Å². The van der Waals surface area contributed by atoms with Crippen molar-refractivity contribution >= 4 is 34.3 Å². The highest BCUT2D eigenvalue weighted by Gasteiger charge is 2.06. The maximum atomic E-state index is 5.94. The molecule has 3 rings (SSSR count). The lowest BCUT2D eigenvalue weighted by Crippen LogP contribution is -1.90. The van der Waals surface area contributed by atoms with Crippen LogP contribution in [0.25, 0.3) is 10.9 Å². The minimum absolute atomic E-state index is 0. The van der Waals surface area contributed by atoms with Gasteiger partial charge in [0, 0.05) is 25.9 Å². The second-order valence-electron chi connectivity index (χ2n) is 5.26. The predicted octanol–water partition coefficient (Wildman–Crippen LogP) is 5.14.